The maximum Gasteiger partial charge on any atom is 0.257 e. The second-order valence-electron chi connectivity index (χ2n) is 9.92. The van der Waals surface area contributed by atoms with Gasteiger partial charge in [-0.1, -0.05) is 26.0 Å². The molecule has 3 aliphatic rings. The van der Waals surface area contributed by atoms with Gasteiger partial charge in [0.05, 0.1) is 11.3 Å². The lowest BCUT2D eigenvalue weighted by molar-refractivity contribution is -0.133. The van der Waals surface area contributed by atoms with Crippen molar-refractivity contribution in [3.05, 3.63) is 29.8 Å². The van der Waals surface area contributed by atoms with Crippen molar-refractivity contribution in [3.63, 3.8) is 0 Å². The lowest BCUT2D eigenvalue weighted by Crippen LogP contribution is -2.62. The van der Waals surface area contributed by atoms with Crippen LogP contribution in [0.15, 0.2) is 24.3 Å². The molecule has 4 amide bonds. The maximum absolute atomic E-state index is 13.3. The number of carbonyl (C=O) groups is 4. The van der Waals surface area contributed by atoms with Crippen molar-refractivity contribution in [2.45, 2.75) is 58.5 Å². The van der Waals surface area contributed by atoms with Crippen LogP contribution in [0.25, 0.3) is 0 Å². The summed E-state index contributed by atoms with van der Waals surface area (Å²) >= 11 is 0. The number of hydrogen-bond acceptors (Lipinski definition) is 4. The monoisotopic (exact) mass is 454 g/mol. The Kier molecular flexibility index (Phi) is 6.45. The van der Waals surface area contributed by atoms with Crippen LogP contribution in [0.3, 0.4) is 0 Å². The lowest BCUT2D eigenvalue weighted by Gasteiger charge is -2.48. The van der Waals surface area contributed by atoms with Crippen molar-refractivity contribution in [1.82, 2.24) is 15.1 Å². The van der Waals surface area contributed by atoms with Crippen LogP contribution in [-0.2, 0) is 14.4 Å². The van der Waals surface area contributed by atoms with Crippen LogP contribution in [0, 0.1) is 11.8 Å². The second kappa shape index (κ2) is 9.15. The Morgan fingerprint density at radius 2 is 1.97 bits per heavy atom. The molecule has 8 heteroatoms. The van der Waals surface area contributed by atoms with Crippen LogP contribution < -0.4 is 10.2 Å². The molecule has 2 atom stereocenters. The quantitative estimate of drug-likeness (QED) is 0.715. The minimum absolute atomic E-state index is 0.0103. The highest BCUT2D eigenvalue weighted by Crippen LogP contribution is 2.44. The number of hydrogen-bond donors (Lipinski definition) is 1. The standard InChI is InChI=1S/C25H34N4O4/c1-17(2)23(32)26-15-18-7-6-13-27(16-18)21(30)11-14-28-24(33)19-8-4-5-9-20(19)29-22(31)10-12-25(28,29)3/h4-5,8-9,17-18H,6-7,10-16H2,1-3H3,(H,26,32)/t18-,25-/m0/s1. The van der Waals surface area contributed by atoms with E-state index in [1.807, 2.05) is 37.8 Å². The number of nitrogens with zero attached hydrogens (tertiary/aromatic N) is 3. The highest BCUT2D eigenvalue weighted by molar-refractivity contribution is 6.10. The first-order valence-corrected chi connectivity index (χ1v) is 12.0. The molecule has 178 valence electrons. The number of para-hydroxylation sites is 1. The summed E-state index contributed by atoms with van der Waals surface area (Å²) in [5.74, 6) is 0.124. The Balaban J connectivity index is 1.41. The van der Waals surface area contributed by atoms with Crippen molar-refractivity contribution in [2.75, 3.05) is 31.1 Å². The Labute approximate surface area is 195 Å². The molecule has 2 fully saturated rings. The number of amides is 4. The van der Waals surface area contributed by atoms with E-state index in [0.29, 0.717) is 43.7 Å². The number of rotatable bonds is 6. The second-order valence-corrected chi connectivity index (χ2v) is 9.92. The predicted molar refractivity (Wildman–Crippen MR) is 124 cm³/mol. The molecule has 0 spiro atoms. The van der Waals surface area contributed by atoms with Crippen LogP contribution >= 0.6 is 0 Å². The molecule has 0 bridgehead atoms. The Hall–Kier alpha value is -2.90. The zero-order valence-electron chi connectivity index (χ0n) is 19.8. The number of fused-ring (bicyclic) bond motifs is 3. The van der Waals surface area contributed by atoms with Gasteiger partial charge in [-0.3, -0.25) is 24.1 Å². The summed E-state index contributed by atoms with van der Waals surface area (Å²) in [4.78, 5) is 56.3. The van der Waals surface area contributed by atoms with Crippen LogP contribution in [0.5, 0.6) is 0 Å². The van der Waals surface area contributed by atoms with E-state index in [1.165, 1.54) is 0 Å². The van der Waals surface area contributed by atoms with E-state index in [-0.39, 0.29) is 48.4 Å². The average Bonchev–Trinajstić information content (AvgIpc) is 3.12. The summed E-state index contributed by atoms with van der Waals surface area (Å²) in [5, 5.41) is 2.98. The summed E-state index contributed by atoms with van der Waals surface area (Å²) in [6.07, 6.45) is 3.05. The first-order chi connectivity index (χ1) is 15.7. The Bertz CT molecular complexity index is 961. The molecule has 0 radical (unpaired) electrons. The van der Waals surface area contributed by atoms with E-state index in [1.54, 1.807) is 21.9 Å². The van der Waals surface area contributed by atoms with Crippen molar-refractivity contribution < 1.29 is 19.2 Å². The third kappa shape index (κ3) is 4.35. The van der Waals surface area contributed by atoms with Gasteiger partial charge in [0.15, 0.2) is 0 Å². The normalized spacial score (nSPS) is 24.7. The molecular formula is C25H34N4O4. The van der Waals surface area contributed by atoms with Gasteiger partial charge in [-0.15, -0.1) is 0 Å². The topological polar surface area (TPSA) is 90.0 Å². The SMILES string of the molecule is CC(C)C(=O)NC[C@@H]1CCCN(C(=O)CCN2C(=O)c3ccccc3N3C(=O)CC[C@@]23C)C1. The number of anilines is 1. The molecule has 3 heterocycles. The zero-order valence-corrected chi connectivity index (χ0v) is 19.8. The first kappa shape index (κ1) is 23.3. The fourth-order valence-corrected chi connectivity index (χ4v) is 5.31. The molecule has 2 saturated heterocycles. The molecule has 0 unspecified atom stereocenters. The number of likely N-dealkylation sites (tertiary alicyclic amines) is 1. The first-order valence-electron chi connectivity index (χ1n) is 12.0. The fraction of sp³-hybridized carbons (Fsp3) is 0.600. The van der Waals surface area contributed by atoms with Gasteiger partial charge in [-0.05, 0) is 44.2 Å². The molecule has 0 aromatic heterocycles. The van der Waals surface area contributed by atoms with Gasteiger partial charge in [0.25, 0.3) is 5.91 Å². The molecular weight excluding hydrogens is 420 g/mol. The molecule has 0 saturated carbocycles. The average molecular weight is 455 g/mol. The number of nitrogens with one attached hydrogen (secondary N) is 1. The predicted octanol–water partition coefficient (Wildman–Crippen LogP) is 2.39. The van der Waals surface area contributed by atoms with Gasteiger partial charge in [0.1, 0.15) is 5.66 Å². The summed E-state index contributed by atoms with van der Waals surface area (Å²) in [7, 11) is 0. The lowest BCUT2D eigenvalue weighted by atomic mass is 9.96. The molecule has 0 aliphatic carbocycles. The van der Waals surface area contributed by atoms with Crippen LogP contribution in [0.1, 0.15) is 63.2 Å². The summed E-state index contributed by atoms with van der Waals surface area (Å²) in [6.45, 7) is 7.83. The number of carbonyl (C=O) groups excluding carboxylic acids is 4. The minimum Gasteiger partial charge on any atom is -0.356 e. The van der Waals surface area contributed by atoms with Gasteiger partial charge in [0, 0.05) is 44.9 Å². The van der Waals surface area contributed by atoms with E-state index in [2.05, 4.69) is 5.32 Å². The van der Waals surface area contributed by atoms with Gasteiger partial charge in [0.2, 0.25) is 17.7 Å². The third-order valence-corrected chi connectivity index (χ3v) is 7.26. The van der Waals surface area contributed by atoms with Gasteiger partial charge in [-0.2, -0.15) is 0 Å². The summed E-state index contributed by atoms with van der Waals surface area (Å²) in [6, 6.07) is 7.21. The molecule has 3 aliphatic heterocycles. The zero-order chi connectivity index (χ0) is 23.8. The van der Waals surface area contributed by atoms with Crippen LogP contribution in [0.2, 0.25) is 0 Å². The van der Waals surface area contributed by atoms with E-state index in [9.17, 15) is 19.2 Å². The van der Waals surface area contributed by atoms with Crippen molar-refractivity contribution in [2.24, 2.45) is 11.8 Å². The molecule has 1 aromatic rings. The van der Waals surface area contributed by atoms with Crippen LogP contribution in [0.4, 0.5) is 5.69 Å². The highest BCUT2D eigenvalue weighted by Gasteiger charge is 2.52. The van der Waals surface area contributed by atoms with Crippen molar-refractivity contribution in [1.29, 1.82) is 0 Å². The number of benzene rings is 1. The van der Waals surface area contributed by atoms with Gasteiger partial charge in [-0.25, -0.2) is 0 Å². The van der Waals surface area contributed by atoms with E-state index >= 15 is 0 Å². The van der Waals surface area contributed by atoms with Gasteiger partial charge >= 0.3 is 0 Å². The summed E-state index contributed by atoms with van der Waals surface area (Å²) in [5.41, 5.74) is 0.433. The van der Waals surface area contributed by atoms with Crippen molar-refractivity contribution in [3.8, 4) is 0 Å². The van der Waals surface area contributed by atoms with Crippen LogP contribution in [-0.4, -0.2) is 65.3 Å². The van der Waals surface area contributed by atoms with Crippen molar-refractivity contribution >= 4 is 29.3 Å². The number of piperidine rings is 1. The molecule has 1 N–H and O–H groups in total. The largest absolute Gasteiger partial charge is 0.356 e. The Morgan fingerprint density at radius 1 is 1.21 bits per heavy atom. The van der Waals surface area contributed by atoms with Gasteiger partial charge < -0.3 is 15.1 Å². The Morgan fingerprint density at radius 3 is 2.73 bits per heavy atom. The minimum atomic E-state index is -0.742. The smallest absolute Gasteiger partial charge is 0.257 e. The third-order valence-electron chi connectivity index (χ3n) is 7.26. The molecule has 33 heavy (non-hydrogen) atoms. The fourth-order valence-electron chi connectivity index (χ4n) is 5.31. The van der Waals surface area contributed by atoms with E-state index in [0.717, 1.165) is 12.8 Å². The molecule has 4 rings (SSSR count). The molecule has 8 nitrogen and oxygen atoms in total. The molecule has 1 aromatic carbocycles. The summed E-state index contributed by atoms with van der Waals surface area (Å²) < 4.78 is 0. The van der Waals surface area contributed by atoms with E-state index in [4.69, 9.17) is 0 Å². The highest BCUT2D eigenvalue weighted by atomic mass is 16.2. The van der Waals surface area contributed by atoms with E-state index < -0.39 is 5.66 Å². The maximum atomic E-state index is 13.3.